The van der Waals surface area contributed by atoms with Gasteiger partial charge in [-0.25, -0.2) is 0 Å². The topological polar surface area (TPSA) is 85.1 Å². The lowest BCUT2D eigenvalue weighted by molar-refractivity contribution is 0.0996. The normalized spacial score (nSPS) is 10.8. The summed E-state index contributed by atoms with van der Waals surface area (Å²) in [6.45, 7) is 4.07. The van der Waals surface area contributed by atoms with Crippen LogP contribution in [0, 0.1) is 0 Å². The number of carbonyl (C=O) groups excluding carboxylic acids is 2. The van der Waals surface area contributed by atoms with E-state index in [2.05, 4.69) is 10.3 Å². The lowest BCUT2D eigenvalue weighted by atomic mass is 10.0. The second-order valence-corrected chi connectivity index (χ2v) is 6.17. The summed E-state index contributed by atoms with van der Waals surface area (Å²) < 4.78 is 0. The molecule has 0 aliphatic heterocycles. The molecule has 0 saturated heterocycles. The minimum Gasteiger partial charge on any atom is -0.366 e. The second kappa shape index (κ2) is 6.73. The number of anilines is 1. The summed E-state index contributed by atoms with van der Waals surface area (Å²) in [6, 6.07) is 15.9. The van der Waals surface area contributed by atoms with E-state index in [9.17, 15) is 9.59 Å². The van der Waals surface area contributed by atoms with E-state index in [4.69, 9.17) is 5.73 Å². The molecule has 0 radical (unpaired) electrons. The van der Waals surface area contributed by atoms with Crippen LogP contribution in [0.1, 0.15) is 46.2 Å². The molecule has 5 nitrogen and oxygen atoms in total. The number of primary amides is 1. The minimum atomic E-state index is -0.535. The maximum Gasteiger partial charge on any atom is 0.256 e. The Morgan fingerprint density at radius 1 is 1.04 bits per heavy atom. The van der Waals surface area contributed by atoms with Crippen LogP contribution in [0.15, 0.2) is 54.6 Å². The van der Waals surface area contributed by atoms with Gasteiger partial charge in [0, 0.05) is 22.3 Å². The molecule has 2 aromatic carbocycles. The lowest BCUT2D eigenvalue weighted by Crippen LogP contribution is -2.15. The standard InChI is InChI=1S/C20H19N3O2/c1-12(2)18-11-16(15-8-3-4-9-17(15)23-18)20(25)22-14-7-5-6-13(10-14)19(21)24/h3-12H,1-2H3,(H2,21,24)(H,22,25). The Labute approximate surface area is 145 Å². The van der Waals surface area contributed by atoms with Gasteiger partial charge in [-0.15, -0.1) is 0 Å². The summed E-state index contributed by atoms with van der Waals surface area (Å²) in [5.74, 6) is -0.580. The predicted octanol–water partition coefficient (Wildman–Crippen LogP) is 3.71. The third-order valence-corrected chi connectivity index (χ3v) is 3.98. The minimum absolute atomic E-state index is 0.203. The Morgan fingerprint density at radius 2 is 1.80 bits per heavy atom. The number of amides is 2. The van der Waals surface area contributed by atoms with E-state index < -0.39 is 5.91 Å². The fourth-order valence-corrected chi connectivity index (χ4v) is 2.63. The molecule has 0 spiro atoms. The Kier molecular flexibility index (Phi) is 4.48. The van der Waals surface area contributed by atoms with Gasteiger partial charge in [0.2, 0.25) is 5.91 Å². The van der Waals surface area contributed by atoms with Crippen molar-refractivity contribution >= 4 is 28.4 Å². The third kappa shape index (κ3) is 3.50. The molecule has 2 amide bonds. The fourth-order valence-electron chi connectivity index (χ4n) is 2.63. The van der Waals surface area contributed by atoms with Crippen molar-refractivity contribution in [2.24, 2.45) is 5.73 Å². The Hall–Kier alpha value is -3.21. The van der Waals surface area contributed by atoms with Gasteiger partial charge in [-0.1, -0.05) is 38.1 Å². The lowest BCUT2D eigenvalue weighted by Gasteiger charge is -2.12. The Morgan fingerprint density at radius 3 is 2.52 bits per heavy atom. The summed E-state index contributed by atoms with van der Waals surface area (Å²) in [5, 5.41) is 3.62. The highest BCUT2D eigenvalue weighted by Crippen LogP contribution is 2.23. The number of nitrogens with one attached hydrogen (secondary N) is 1. The van der Waals surface area contributed by atoms with Gasteiger partial charge in [-0.05, 0) is 36.2 Å². The fraction of sp³-hybridized carbons (Fsp3) is 0.150. The first-order valence-electron chi connectivity index (χ1n) is 8.06. The Bertz CT molecular complexity index is 964. The molecule has 3 rings (SSSR count). The molecule has 0 aliphatic carbocycles. The zero-order valence-corrected chi connectivity index (χ0v) is 14.1. The molecular weight excluding hydrogens is 314 g/mol. The smallest absolute Gasteiger partial charge is 0.256 e. The van der Waals surface area contributed by atoms with Crippen LogP contribution in [0.5, 0.6) is 0 Å². The van der Waals surface area contributed by atoms with Crippen molar-refractivity contribution in [1.29, 1.82) is 0 Å². The van der Waals surface area contributed by atoms with E-state index in [0.29, 0.717) is 16.8 Å². The van der Waals surface area contributed by atoms with Gasteiger partial charge in [0.15, 0.2) is 0 Å². The molecule has 25 heavy (non-hydrogen) atoms. The molecule has 3 aromatic rings. The molecule has 0 saturated carbocycles. The first kappa shape index (κ1) is 16.6. The molecule has 1 aromatic heterocycles. The van der Waals surface area contributed by atoms with Crippen molar-refractivity contribution in [1.82, 2.24) is 4.98 Å². The number of rotatable bonds is 4. The number of benzene rings is 2. The van der Waals surface area contributed by atoms with Gasteiger partial charge in [0.05, 0.1) is 11.1 Å². The number of nitrogens with zero attached hydrogens (tertiary/aromatic N) is 1. The highest BCUT2D eigenvalue weighted by molar-refractivity contribution is 6.12. The van der Waals surface area contributed by atoms with Crippen LogP contribution in [0.25, 0.3) is 10.9 Å². The van der Waals surface area contributed by atoms with Crippen LogP contribution in [0.4, 0.5) is 5.69 Å². The van der Waals surface area contributed by atoms with Crippen LogP contribution < -0.4 is 11.1 Å². The highest BCUT2D eigenvalue weighted by atomic mass is 16.2. The van der Waals surface area contributed by atoms with E-state index in [1.165, 1.54) is 0 Å². The molecule has 5 heteroatoms. The van der Waals surface area contributed by atoms with Crippen LogP contribution >= 0.6 is 0 Å². The summed E-state index contributed by atoms with van der Waals surface area (Å²) in [6.07, 6.45) is 0. The van der Waals surface area contributed by atoms with Gasteiger partial charge >= 0.3 is 0 Å². The van der Waals surface area contributed by atoms with Crippen molar-refractivity contribution in [2.45, 2.75) is 19.8 Å². The first-order chi connectivity index (χ1) is 12.0. The van der Waals surface area contributed by atoms with E-state index in [-0.39, 0.29) is 11.8 Å². The maximum atomic E-state index is 12.8. The number of hydrogen-bond donors (Lipinski definition) is 2. The average molecular weight is 333 g/mol. The molecule has 0 fully saturated rings. The van der Waals surface area contributed by atoms with Crippen LogP contribution in [0.2, 0.25) is 0 Å². The van der Waals surface area contributed by atoms with Crippen LogP contribution in [-0.4, -0.2) is 16.8 Å². The quantitative estimate of drug-likeness (QED) is 0.763. The van der Waals surface area contributed by atoms with Gasteiger partial charge in [0.25, 0.3) is 5.91 Å². The molecule has 0 atom stereocenters. The van der Waals surface area contributed by atoms with Crippen molar-refractivity contribution < 1.29 is 9.59 Å². The highest BCUT2D eigenvalue weighted by Gasteiger charge is 2.15. The maximum absolute atomic E-state index is 12.8. The summed E-state index contributed by atoms with van der Waals surface area (Å²) in [4.78, 5) is 28.8. The largest absolute Gasteiger partial charge is 0.366 e. The molecule has 126 valence electrons. The van der Waals surface area contributed by atoms with Gasteiger partial charge in [-0.3, -0.25) is 14.6 Å². The first-order valence-corrected chi connectivity index (χ1v) is 8.06. The number of para-hydroxylation sites is 1. The zero-order chi connectivity index (χ0) is 18.0. The summed E-state index contributed by atoms with van der Waals surface area (Å²) >= 11 is 0. The average Bonchev–Trinajstić information content (AvgIpc) is 2.60. The number of hydrogen-bond acceptors (Lipinski definition) is 3. The molecule has 3 N–H and O–H groups in total. The summed E-state index contributed by atoms with van der Waals surface area (Å²) in [5.41, 5.74) is 8.35. The van der Waals surface area contributed by atoms with E-state index in [1.807, 2.05) is 44.2 Å². The predicted molar refractivity (Wildman–Crippen MR) is 98.7 cm³/mol. The van der Waals surface area contributed by atoms with Crippen molar-refractivity contribution in [3.05, 3.63) is 71.4 Å². The van der Waals surface area contributed by atoms with Gasteiger partial charge in [0.1, 0.15) is 0 Å². The van der Waals surface area contributed by atoms with Gasteiger partial charge < -0.3 is 11.1 Å². The second-order valence-electron chi connectivity index (χ2n) is 6.17. The summed E-state index contributed by atoms with van der Waals surface area (Å²) in [7, 11) is 0. The number of carbonyl (C=O) groups is 2. The molecular formula is C20H19N3O2. The molecule has 0 unspecified atom stereocenters. The number of nitrogens with two attached hydrogens (primary N) is 1. The number of aromatic nitrogens is 1. The van der Waals surface area contributed by atoms with E-state index >= 15 is 0 Å². The number of fused-ring (bicyclic) bond motifs is 1. The zero-order valence-electron chi connectivity index (χ0n) is 14.1. The molecule has 0 aliphatic rings. The van der Waals surface area contributed by atoms with Crippen molar-refractivity contribution in [3.8, 4) is 0 Å². The van der Waals surface area contributed by atoms with E-state index in [0.717, 1.165) is 16.6 Å². The Balaban J connectivity index is 2.02. The SMILES string of the molecule is CC(C)c1cc(C(=O)Nc2cccc(C(N)=O)c2)c2ccccc2n1. The monoisotopic (exact) mass is 333 g/mol. The van der Waals surface area contributed by atoms with Crippen LogP contribution in [-0.2, 0) is 0 Å². The van der Waals surface area contributed by atoms with E-state index in [1.54, 1.807) is 24.3 Å². The van der Waals surface area contributed by atoms with Crippen molar-refractivity contribution in [2.75, 3.05) is 5.32 Å². The van der Waals surface area contributed by atoms with Crippen LogP contribution in [0.3, 0.4) is 0 Å². The van der Waals surface area contributed by atoms with Gasteiger partial charge in [-0.2, -0.15) is 0 Å². The third-order valence-electron chi connectivity index (χ3n) is 3.98. The molecule has 1 heterocycles. The molecule has 0 bridgehead atoms. The number of pyridine rings is 1. The van der Waals surface area contributed by atoms with Crippen molar-refractivity contribution in [3.63, 3.8) is 0 Å².